The van der Waals surface area contributed by atoms with Gasteiger partial charge in [0.15, 0.2) is 5.78 Å². The van der Waals surface area contributed by atoms with Crippen LogP contribution in [0.5, 0.6) is 0 Å². The van der Waals surface area contributed by atoms with Crippen molar-refractivity contribution in [2.75, 3.05) is 20.1 Å². The zero-order chi connectivity index (χ0) is 17.5. The fraction of sp³-hybridized carbons (Fsp3) is 0.500. The number of rotatable bonds is 9. The summed E-state index contributed by atoms with van der Waals surface area (Å²) in [5.41, 5.74) is 0.336. The highest BCUT2D eigenvalue weighted by Gasteiger charge is 2.16. The molecule has 1 aromatic carbocycles. The highest BCUT2D eigenvalue weighted by Crippen LogP contribution is 2.12. The molecule has 0 aromatic heterocycles. The van der Waals surface area contributed by atoms with E-state index in [2.05, 4.69) is 4.72 Å². The quantitative estimate of drug-likeness (QED) is 0.695. The topological polar surface area (TPSA) is 83.6 Å². The van der Waals surface area contributed by atoms with Crippen molar-refractivity contribution in [3.05, 3.63) is 29.8 Å². The molecule has 128 valence electrons. The van der Waals surface area contributed by atoms with Gasteiger partial charge in [0.25, 0.3) is 0 Å². The van der Waals surface area contributed by atoms with Crippen LogP contribution in [-0.2, 0) is 14.8 Å². The summed E-state index contributed by atoms with van der Waals surface area (Å²) in [6.45, 7) is 4.12. The molecule has 0 saturated heterocycles. The van der Waals surface area contributed by atoms with E-state index in [0.717, 1.165) is 12.8 Å². The second kappa shape index (κ2) is 8.79. The molecule has 0 atom stereocenters. The summed E-state index contributed by atoms with van der Waals surface area (Å²) in [7, 11) is -2.02. The Hall–Kier alpha value is -1.73. The number of carbonyl (C=O) groups is 2. The lowest BCUT2D eigenvalue weighted by atomic mass is 10.2. The Morgan fingerprint density at radius 1 is 1.26 bits per heavy atom. The SMILES string of the molecule is CCCCN(C)C(=O)CCNS(=O)(=O)c1cccc(C(C)=O)c1. The molecule has 0 aliphatic rings. The molecule has 0 heterocycles. The van der Waals surface area contributed by atoms with Gasteiger partial charge in [-0.25, -0.2) is 13.1 Å². The Morgan fingerprint density at radius 3 is 2.57 bits per heavy atom. The Labute approximate surface area is 137 Å². The average molecular weight is 340 g/mol. The number of hydrogen-bond acceptors (Lipinski definition) is 4. The van der Waals surface area contributed by atoms with Gasteiger partial charge in [0.1, 0.15) is 0 Å². The van der Waals surface area contributed by atoms with Crippen molar-refractivity contribution in [1.29, 1.82) is 0 Å². The van der Waals surface area contributed by atoms with E-state index in [1.165, 1.54) is 25.1 Å². The van der Waals surface area contributed by atoms with Crippen LogP contribution in [0.3, 0.4) is 0 Å². The Bertz CT molecular complexity index is 656. The maximum Gasteiger partial charge on any atom is 0.240 e. The highest BCUT2D eigenvalue weighted by atomic mass is 32.2. The maximum atomic E-state index is 12.2. The Kier molecular flexibility index (Phi) is 7.38. The van der Waals surface area contributed by atoms with Crippen molar-refractivity contribution in [3.8, 4) is 0 Å². The number of sulfonamides is 1. The molecule has 0 saturated carbocycles. The smallest absolute Gasteiger partial charge is 0.240 e. The molecular weight excluding hydrogens is 316 g/mol. The van der Waals surface area contributed by atoms with E-state index in [4.69, 9.17) is 0 Å². The van der Waals surface area contributed by atoms with Crippen LogP contribution in [0.1, 0.15) is 43.5 Å². The lowest BCUT2D eigenvalue weighted by Crippen LogP contribution is -2.32. The number of ketones is 1. The number of Topliss-reactive ketones (excluding diaryl/α,β-unsaturated/α-hetero) is 1. The predicted octanol–water partition coefficient (Wildman–Crippen LogP) is 1.82. The molecule has 0 bridgehead atoms. The second-order valence-corrected chi connectivity index (χ2v) is 7.17. The number of nitrogens with zero attached hydrogens (tertiary/aromatic N) is 1. The number of hydrogen-bond donors (Lipinski definition) is 1. The van der Waals surface area contributed by atoms with E-state index < -0.39 is 10.0 Å². The minimum atomic E-state index is -3.73. The summed E-state index contributed by atoms with van der Waals surface area (Å²) in [6, 6.07) is 5.84. The minimum Gasteiger partial charge on any atom is -0.346 e. The van der Waals surface area contributed by atoms with Crippen LogP contribution in [0.2, 0.25) is 0 Å². The van der Waals surface area contributed by atoms with Gasteiger partial charge in [-0.3, -0.25) is 9.59 Å². The molecule has 6 nitrogen and oxygen atoms in total. The summed E-state index contributed by atoms with van der Waals surface area (Å²) in [6.07, 6.45) is 2.02. The molecule has 0 fully saturated rings. The van der Waals surface area contributed by atoms with Gasteiger partial charge in [0.2, 0.25) is 15.9 Å². The fourth-order valence-corrected chi connectivity index (χ4v) is 3.05. The lowest BCUT2D eigenvalue weighted by molar-refractivity contribution is -0.129. The summed E-state index contributed by atoms with van der Waals surface area (Å²) < 4.78 is 26.8. The van der Waals surface area contributed by atoms with Crippen molar-refractivity contribution in [2.45, 2.75) is 38.0 Å². The van der Waals surface area contributed by atoms with Crippen molar-refractivity contribution < 1.29 is 18.0 Å². The Balaban J connectivity index is 2.61. The first-order valence-corrected chi connectivity index (χ1v) is 9.11. The zero-order valence-electron chi connectivity index (χ0n) is 13.8. The highest BCUT2D eigenvalue weighted by molar-refractivity contribution is 7.89. The van der Waals surface area contributed by atoms with Crippen molar-refractivity contribution >= 4 is 21.7 Å². The number of nitrogens with one attached hydrogen (secondary N) is 1. The van der Waals surface area contributed by atoms with E-state index >= 15 is 0 Å². The molecule has 0 aliphatic heterocycles. The molecule has 23 heavy (non-hydrogen) atoms. The van der Waals surface area contributed by atoms with Gasteiger partial charge in [-0.15, -0.1) is 0 Å². The normalized spacial score (nSPS) is 11.3. The van der Waals surface area contributed by atoms with Crippen LogP contribution in [0, 0.1) is 0 Å². The molecule has 1 aromatic rings. The molecule has 1 amide bonds. The van der Waals surface area contributed by atoms with E-state index in [1.54, 1.807) is 18.0 Å². The van der Waals surface area contributed by atoms with Gasteiger partial charge < -0.3 is 4.90 Å². The zero-order valence-corrected chi connectivity index (χ0v) is 14.6. The van der Waals surface area contributed by atoms with E-state index in [-0.39, 0.29) is 29.6 Å². The van der Waals surface area contributed by atoms with E-state index in [0.29, 0.717) is 12.1 Å². The molecule has 1 N–H and O–H groups in total. The monoisotopic (exact) mass is 340 g/mol. The first kappa shape index (κ1) is 19.3. The maximum absolute atomic E-state index is 12.2. The molecular formula is C16H24N2O4S. The van der Waals surface area contributed by atoms with Crippen LogP contribution in [0.25, 0.3) is 0 Å². The number of carbonyl (C=O) groups excluding carboxylic acids is 2. The van der Waals surface area contributed by atoms with Gasteiger partial charge in [0.05, 0.1) is 4.90 Å². The van der Waals surface area contributed by atoms with Crippen molar-refractivity contribution in [1.82, 2.24) is 9.62 Å². The number of benzene rings is 1. The van der Waals surface area contributed by atoms with Gasteiger partial charge in [-0.1, -0.05) is 25.5 Å². The van der Waals surface area contributed by atoms with E-state index in [1.807, 2.05) is 6.92 Å². The molecule has 7 heteroatoms. The third-order valence-electron chi connectivity index (χ3n) is 3.45. The van der Waals surface area contributed by atoms with Crippen molar-refractivity contribution in [3.63, 3.8) is 0 Å². The summed E-state index contributed by atoms with van der Waals surface area (Å²) in [5.74, 6) is -0.298. The molecule has 0 aliphatic carbocycles. The lowest BCUT2D eigenvalue weighted by Gasteiger charge is -2.16. The largest absolute Gasteiger partial charge is 0.346 e. The summed E-state index contributed by atoms with van der Waals surface area (Å²) in [4.78, 5) is 24.8. The van der Waals surface area contributed by atoms with Crippen LogP contribution < -0.4 is 4.72 Å². The first-order valence-electron chi connectivity index (χ1n) is 7.62. The summed E-state index contributed by atoms with van der Waals surface area (Å²) >= 11 is 0. The van der Waals surface area contributed by atoms with Gasteiger partial charge in [-0.2, -0.15) is 0 Å². The van der Waals surface area contributed by atoms with Crippen LogP contribution in [-0.4, -0.2) is 45.1 Å². The standard InChI is InChI=1S/C16H24N2O4S/c1-4-5-11-18(3)16(20)9-10-17-23(21,22)15-8-6-7-14(12-15)13(2)19/h6-8,12,17H,4-5,9-11H2,1-3H3. The molecule has 0 radical (unpaired) electrons. The van der Waals surface area contributed by atoms with Crippen LogP contribution in [0.4, 0.5) is 0 Å². The summed E-state index contributed by atoms with van der Waals surface area (Å²) in [5, 5.41) is 0. The Morgan fingerprint density at radius 2 is 1.96 bits per heavy atom. The average Bonchev–Trinajstić information content (AvgIpc) is 2.52. The number of unbranched alkanes of at least 4 members (excludes halogenated alkanes) is 1. The third kappa shape index (κ3) is 6.11. The van der Waals surface area contributed by atoms with Gasteiger partial charge in [0, 0.05) is 32.1 Å². The second-order valence-electron chi connectivity index (χ2n) is 5.40. The third-order valence-corrected chi connectivity index (χ3v) is 4.91. The van der Waals surface area contributed by atoms with Crippen LogP contribution in [0.15, 0.2) is 29.2 Å². The first-order chi connectivity index (χ1) is 10.8. The van der Waals surface area contributed by atoms with Crippen LogP contribution >= 0.6 is 0 Å². The molecule has 0 unspecified atom stereocenters. The van der Waals surface area contributed by atoms with Gasteiger partial charge >= 0.3 is 0 Å². The fourth-order valence-electron chi connectivity index (χ4n) is 1.97. The van der Waals surface area contributed by atoms with E-state index in [9.17, 15) is 18.0 Å². The minimum absolute atomic E-state index is 0.0250. The van der Waals surface area contributed by atoms with Crippen molar-refractivity contribution in [2.24, 2.45) is 0 Å². The predicted molar refractivity (Wildman–Crippen MR) is 88.8 cm³/mol. The van der Waals surface area contributed by atoms with Gasteiger partial charge in [-0.05, 0) is 25.5 Å². The molecule has 0 spiro atoms. The number of amides is 1. The molecule has 1 rings (SSSR count).